The monoisotopic (exact) mass is 278 g/mol. The summed E-state index contributed by atoms with van der Waals surface area (Å²) in [5.41, 5.74) is 1.24. The molecule has 9 nitrogen and oxygen atoms in total. The molecule has 0 aliphatic heterocycles. The summed E-state index contributed by atoms with van der Waals surface area (Å²) in [5, 5.41) is 32.2. The van der Waals surface area contributed by atoms with Crippen molar-refractivity contribution in [1.82, 2.24) is 0 Å². The van der Waals surface area contributed by atoms with Gasteiger partial charge in [0.25, 0.3) is 5.69 Å². The number of carbonyl (C=O) groups is 1. The average molecular weight is 278 g/mol. The van der Waals surface area contributed by atoms with Crippen molar-refractivity contribution in [2.75, 3.05) is 12.0 Å². The van der Waals surface area contributed by atoms with Gasteiger partial charge in [0.1, 0.15) is 17.5 Å². The number of nitro benzene ring substituents is 1. The van der Waals surface area contributed by atoms with Crippen LogP contribution in [0.2, 0.25) is 0 Å². The van der Waals surface area contributed by atoms with Gasteiger partial charge in [0.15, 0.2) is 0 Å². The Morgan fingerprint density at radius 2 is 2.35 bits per heavy atom. The molecular formula is C11H10N4O5. The number of nitrogens with one attached hydrogen (secondary N) is 1. The predicted octanol–water partition coefficient (Wildman–Crippen LogP) is 1.15. The zero-order valence-corrected chi connectivity index (χ0v) is 10.4. The Morgan fingerprint density at radius 3 is 2.90 bits per heavy atom. The molecule has 0 heterocycles. The number of phenols is 1. The Balaban J connectivity index is 2.98. The van der Waals surface area contributed by atoms with Gasteiger partial charge in [-0.2, -0.15) is 10.4 Å². The van der Waals surface area contributed by atoms with Crippen molar-refractivity contribution in [3.63, 3.8) is 0 Å². The zero-order chi connectivity index (χ0) is 15.1. The van der Waals surface area contributed by atoms with Crippen molar-refractivity contribution in [3.05, 3.63) is 28.3 Å². The molecule has 0 atom stereocenters. The Bertz CT molecular complexity index is 605. The average Bonchev–Trinajstić information content (AvgIpc) is 2.41. The Hall–Kier alpha value is -3.15. The highest BCUT2D eigenvalue weighted by Gasteiger charge is 2.14. The molecule has 1 aromatic rings. The van der Waals surface area contributed by atoms with E-state index in [1.165, 1.54) is 6.07 Å². The molecule has 104 valence electrons. The second kappa shape index (κ2) is 6.69. The SMILES string of the molecule is CCOC(=O)/C(C#N)=N\Nc1cc([N+](=O)[O-])ccc1O. The fraction of sp³-hybridized carbons (Fsp3) is 0.182. The van der Waals surface area contributed by atoms with Crippen LogP contribution in [0.4, 0.5) is 11.4 Å². The lowest BCUT2D eigenvalue weighted by Gasteiger charge is -2.04. The number of hydrogen-bond donors (Lipinski definition) is 2. The molecule has 0 bridgehead atoms. The highest BCUT2D eigenvalue weighted by Crippen LogP contribution is 2.27. The van der Waals surface area contributed by atoms with Gasteiger partial charge >= 0.3 is 5.97 Å². The van der Waals surface area contributed by atoms with Crippen molar-refractivity contribution >= 4 is 23.1 Å². The molecule has 0 amide bonds. The summed E-state index contributed by atoms with van der Waals surface area (Å²) in [4.78, 5) is 21.2. The summed E-state index contributed by atoms with van der Waals surface area (Å²) < 4.78 is 4.57. The number of hydrazone groups is 1. The predicted molar refractivity (Wildman–Crippen MR) is 68.1 cm³/mol. The van der Waals surface area contributed by atoms with Gasteiger partial charge in [-0.15, -0.1) is 0 Å². The van der Waals surface area contributed by atoms with Crippen LogP contribution in [0.25, 0.3) is 0 Å². The normalized spacial score (nSPS) is 10.5. The smallest absolute Gasteiger partial charge is 0.369 e. The summed E-state index contributed by atoms with van der Waals surface area (Å²) in [6, 6.07) is 4.71. The minimum absolute atomic E-state index is 0.0710. The number of esters is 1. The van der Waals surface area contributed by atoms with Crippen molar-refractivity contribution in [2.45, 2.75) is 6.92 Å². The standard InChI is InChI=1S/C11H10N4O5/c1-2-20-11(17)9(6-12)14-13-8-5-7(15(18)19)3-4-10(8)16/h3-5,13,16H,2H2,1H3/b14-9-. The van der Waals surface area contributed by atoms with E-state index in [9.17, 15) is 20.0 Å². The first-order valence-corrected chi connectivity index (χ1v) is 5.38. The second-order valence-corrected chi connectivity index (χ2v) is 3.36. The maximum absolute atomic E-state index is 11.3. The first-order chi connectivity index (χ1) is 9.49. The van der Waals surface area contributed by atoms with E-state index in [0.29, 0.717) is 0 Å². The van der Waals surface area contributed by atoms with E-state index in [1.54, 1.807) is 6.92 Å². The summed E-state index contributed by atoms with van der Waals surface area (Å²) in [6.07, 6.45) is 0. The third kappa shape index (κ3) is 3.67. The van der Waals surface area contributed by atoms with Gasteiger partial charge in [0, 0.05) is 12.1 Å². The zero-order valence-electron chi connectivity index (χ0n) is 10.4. The molecule has 1 aromatic carbocycles. The number of nitriles is 1. The van der Waals surface area contributed by atoms with Gasteiger partial charge in [-0.05, 0) is 13.0 Å². The Kier molecular flexibility index (Phi) is 4.99. The molecule has 0 saturated heterocycles. The van der Waals surface area contributed by atoms with Gasteiger partial charge < -0.3 is 9.84 Å². The minimum Gasteiger partial charge on any atom is -0.506 e. The molecule has 0 unspecified atom stereocenters. The molecule has 0 aliphatic rings. The number of aromatic hydroxyl groups is 1. The second-order valence-electron chi connectivity index (χ2n) is 3.36. The van der Waals surface area contributed by atoms with Crippen LogP contribution in [0.3, 0.4) is 0 Å². The van der Waals surface area contributed by atoms with Gasteiger partial charge in [-0.3, -0.25) is 15.5 Å². The van der Waals surface area contributed by atoms with Crippen LogP contribution in [0.5, 0.6) is 5.75 Å². The van der Waals surface area contributed by atoms with Crippen LogP contribution in [0, 0.1) is 21.4 Å². The fourth-order valence-corrected chi connectivity index (χ4v) is 1.16. The van der Waals surface area contributed by atoms with Gasteiger partial charge in [-0.1, -0.05) is 0 Å². The molecule has 0 aromatic heterocycles. The van der Waals surface area contributed by atoms with Crippen LogP contribution < -0.4 is 5.43 Å². The summed E-state index contributed by atoms with van der Waals surface area (Å²) in [5.74, 6) is -1.26. The van der Waals surface area contributed by atoms with Gasteiger partial charge in [0.05, 0.1) is 11.5 Å². The summed E-state index contributed by atoms with van der Waals surface area (Å²) in [6.45, 7) is 1.63. The fourth-order valence-electron chi connectivity index (χ4n) is 1.16. The lowest BCUT2D eigenvalue weighted by molar-refractivity contribution is -0.384. The third-order valence-corrected chi connectivity index (χ3v) is 2.05. The molecule has 9 heteroatoms. The molecule has 0 aliphatic carbocycles. The topological polar surface area (TPSA) is 138 Å². The number of anilines is 1. The molecule has 0 fully saturated rings. The van der Waals surface area contributed by atoms with Crippen molar-refractivity contribution in [2.24, 2.45) is 5.10 Å². The highest BCUT2D eigenvalue weighted by atomic mass is 16.6. The van der Waals surface area contributed by atoms with E-state index in [1.807, 2.05) is 0 Å². The number of benzene rings is 1. The Labute approximate surface area is 113 Å². The van der Waals surface area contributed by atoms with Gasteiger partial charge in [-0.25, -0.2) is 4.79 Å². The number of phenolic OH excluding ortho intramolecular Hbond substituents is 1. The number of hydrogen-bond acceptors (Lipinski definition) is 8. The molecule has 0 radical (unpaired) electrons. The van der Waals surface area contributed by atoms with Gasteiger partial charge in [0.2, 0.25) is 5.71 Å². The number of non-ortho nitro benzene ring substituents is 1. The van der Waals surface area contributed by atoms with E-state index in [4.69, 9.17) is 5.26 Å². The minimum atomic E-state index is -0.938. The van der Waals surface area contributed by atoms with E-state index in [0.717, 1.165) is 18.2 Å². The maximum atomic E-state index is 11.3. The molecule has 20 heavy (non-hydrogen) atoms. The molecule has 0 saturated carbocycles. The molecular weight excluding hydrogens is 268 g/mol. The molecule has 0 spiro atoms. The van der Waals surface area contributed by atoms with E-state index >= 15 is 0 Å². The van der Waals surface area contributed by atoms with E-state index in [2.05, 4.69) is 15.3 Å². The quantitative estimate of drug-likeness (QED) is 0.271. The maximum Gasteiger partial charge on any atom is 0.369 e. The summed E-state index contributed by atoms with van der Waals surface area (Å²) in [7, 11) is 0. The molecule has 2 N–H and O–H groups in total. The largest absolute Gasteiger partial charge is 0.506 e. The number of carbonyl (C=O) groups excluding carboxylic acids is 1. The third-order valence-electron chi connectivity index (χ3n) is 2.05. The first-order valence-electron chi connectivity index (χ1n) is 5.38. The number of nitro groups is 1. The van der Waals surface area contributed by atoms with Crippen LogP contribution in [0.15, 0.2) is 23.3 Å². The van der Waals surface area contributed by atoms with Crippen molar-refractivity contribution in [1.29, 1.82) is 5.26 Å². The van der Waals surface area contributed by atoms with Crippen molar-refractivity contribution in [3.8, 4) is 11.8 Å². The lowest BCUT2D eigenvalue weighted by atomic mass is 10.2. The van der Waals surface area contributed by atoms with E-state index < -0.39 is 16.6 Å². The van der Waals surface area contributed by atoms with Crippen molar-refractivity contribution < 1.29 is 19.6 Å². The highest BCUT2D eigenvalue weighted by molar-refractivity contribution is 6.43. The number of ether oxygens (including phenoxy) is 1. The Morgan fingerprint density at radius 1 is 1.65 bits per heavy atom. The van der Waals surface area contributed by atoms with Crippen LogP contribution in [0.1, 0.15) is 6.92 Å². The number of nitrogens with zero attached hydrogens (tertiary/aromatic N) is 3. The first kappa shape index (κ1) is 14.9. The van der Waals surface area contributed by atoms with Crippen LogP contribution in [-0.2, 0) is 9.53 Å². The summed E-state index contributed by atoms with van der Waals surface area (Å²) >= 11 is 0. The van der Waals surface area contributed by atoms with Crippen LogP contribution in [-0.4, -0.2) is 28.3 Å². The van der Waals surface area contributed by atoms with E-state index in [-0.39, 0.29) is 23.7 Å². The lowest BCUT2D eigenvalue weighted by Crippen LogP contribution is -2.17. The number of rotatable bonds is 5. The van der Waals surface area contributed by atoms with Crippen LogP contribution >= 0.6 is 0 Å². The molecule has 1 rings (SSSR count).